The van der Waals surface area contributed by atoms with Crippen LogP contribution in [0.1, 0.15) is 11.3 Å². The van der Waals surface area contributed by atoms with Gasteiger partial charge in [0.05, 0.1) is 5.69 Å². The Morgan fingerprint density at radius 3 is 2.84 bits per heavy atom. The number of nitrogens with zero attached hydrogens (tertiary/aromatic N) is 3. The van der Waals surface area contributed by atoms with Gasteiger partial charge in [-0.25, -0.2) is 9.97 Å². The predicted molar refractivity (Wildman–Crippen MR) is 72.9 cm³/mol. The summed E-state index contributed by atoms with van der Waals surface area (Å²) in [4.78, 5) is 8.49. The van der Waals surface area contributed by atoms with Crippen molar-refractivity contribution < 1.29 is 4.74 Å². The second-order valence-corrected chi connectivity index (χ2v) is 4.28. The molecule has 2 heterocycles. The fraction of sp³-hybridized carbons (Fsp3) is 0.143. The number of benzene rings is 1. The number of hydrogen-bond acceptors (Lipinski definition) is 4. The first kappa shape index (κ1) is 11.5. The molecule has 0 unspecified atom stereocenters. The summed E-state index contributed by atoms with van der Waals surface area (Å²) in [6.45, 7) is 2.37. The maximum atomic E-state index is 5.81. The van der Waals surface area contributed by atoms with Gasteiger partial charge in [0, 0.05) is 12.4 Å². The van der Waals surface area contributed by atoms with E-state index < -0.39 is 0 Å². The molecular formula is C14H14N4O. The molecule has 0 saturated heterocycles. The Hall–Kier alpha value is -2.56. The molecule has 0 amide bonds. The Morgan fingerprint density at radius 1 is 1.26 bits per heavy atom. The molecule has 19 heavy (non-hydrogen) atoms. The number of nitrogen functional groups attached to an aromatic ring is 1. The van der Waals surface area contributed by atoms with Crippen molar-refractivity contribution in [3.05, 3.63) is 54.0 Å². The molecule has 0 spiro atoms. The molecule has 0 fully saturated rings. The van der Waals surface area contributed by atoms with Crippen LogP contribution in [0.5, 0.6) is 5.88 Å². The Labute approximate surface area is 110 Å². The van der Waals surface area contributed by atoms with Crippen LogP contribution >= 0.6 is 0 Å². The van der Waals surface area contributed by atoms with Gasteiger partial charge in [-0.05, 0) is 12.5 Å². The van der Waals surface area contributed by atoms with E-state index >= 15 is 0 Å². The van der Waals surface area contributed by atoms with E-state index in [1.54, 1.807) is 6.20 Å². The van der Waals surface area contributed by atoms with Crippen molar-refractivity contribution in [2.75, 3.05) is 5.73 Å². The van der Waals surface area contributed by atoms with Gasteiger partial charge in [-0.2, -0.15) is 0 Å². The van der Waals surface area contributed by atoms with E-state index in [-0.39, 0.29) is 0 Å². The van der Waals surface area contributed by atoms with E-state index in [1.165, 1.54) is 0 Å². The first-order chi connectivity index (χ1) is 9.25. The smallest absolute Gasteiger partial charge is 0.258 e. The minimum absolute atomic E-state index is 0.458. The molecule has 0 bridgehead atoms. The van der Waals surface area contributed by atoms with Gasteiger partial charge in [-0.3, -0.25) is 4.40 Å². The van der Waals surface area contributed by atoms with Crippen molar-refractivity contribution >= 4 is 11.5 Å². The molecule has 5 nitrogen and oxygen atoms in total. The van der Waals surface area contributed by atoms with Gasteiger partial charge in [0.25, 0.3) is 5.88 Å². The molecule has 96 valence electrons. The summed E-state index contributed by atoms with van der Waals surface area (Å²) < 4.78 is 7.60. The number of imidazole rings is 1. The quantitative estimate of drug-likeness (QED) is 0.778. The fourth-order valence-corrected chi connectivity index (χ4v) is 1.92. The van der Waals surface area contributed by atoms with Crippen LogP contribution in [0.4, 0.5) is 5.82 Å². The lowest BCUT2D eigenvalue weighted by molar-refractivity contribution is 0.296. The summed E-state index contributed by atoms with van der Waals surface area (Å²) in [6.07, 6.45) is 3.50. The van der Waals surface area contributed by atoms with Gasteiger partial charge in [0.1, 0.15) is 12.4 Å². The van der Waals surface area contributed by atoms with E-state index in [9.17, 15) is 0 Å². The number of fused-ring (bicyclic) bond motifs is 1. The van der Waals surface area contributed by atoms with Crippen molar-refractivity contribution in [3.8, 4) is 5.88 Å². The van der Waals surface area contributed by atoms with Crippen molar-refractivity contribution in [3.63, 3.8) is 0 Å². The molecule has 0 saturated carbocycles. The Morgan fingerprint density at radius 2 is 2.05 bits per heavy atom. The van der Waals surface area contributed by atoms with Gasteiger partial charge in [-0.15, -0.1) is 0 Å². The lowest BCUT2D eigenvalue weighted by Crippen LogP contribution is -2.00. The molecule has 2 aromatic heterocycles. The number of ether oxygens (including phenoxy) is 1. The van der Waals surface area contributed by atoms with E-state index in [1.807, 2.05) is 47.9 Å². The normalized spacial score (nSPS) is 10.8. The van der Waals surface area contributed by atoms with Gasteiger partial charge < -0.3 is 10.5 Å². The summed E-state index contributed by atoms with van der Waals surface area (Å²) >= 11 is 0. The third kappa shape index (κ3) is 2.10. The van der Waals surface area contributed by atoms with Gasteiger partial charge in [-0.1, -0.05) is 30.3 Å². The van der Waals surface area contributed by atoms with Crippen LogP contribution in [0.25, 0.3) is 5.65 Å². The summed E-state index contributed by atoms with van der Waals surface area (Å²) in [5.41, 5.74) is 8.44. The van der Waals surface area contributed by atoms with Crippen molar-refractivity contribution in [1.82, 2.24) is 14.4 Å². The van der Waals surface area contributed by atoms with Gasteiger partial charge >= 0.3 is 0 Å². The zero-order chi connectivity index (χ0) is 13.2. The highest BCUT2D eigenvalue weighted by Crippen LogP contribution is 2.21. The first-order valence-corrected chi connectivity index (χ1v) is 6.01. The topological polar surface area (TPSA) is 65.4 Å². The summed E-state index contributed by atoms with van der Waals surface area (Å²) in [7, 11) is 0. The monoisotopic (exact) mass is 254 g/mol. The minimum Gasteiger partial charge on any atom is -0.470 e. The van der Waals surface area contributed by atoms with E-state index in [0.717, 1.165) is 11.3 Å². The number of rotatable bonds is 3. The van der Waals surface area contributed by atoms with Crippen molar-refractivity contribution in [1.29, 1.82) is 0 Å². The maximum Gasteiger partial charge on any atom is 0.258 e. The highest BCUT2D eigenvalue weighted by Gasteiger charge is 2.11. The fourth-order valence-electron chi connectivity index (χ4n) is 1.92. The Kier molecular flexibility index (Phi) is 2.79. The molecule has 1 aromatic carbocycles. The van der Waals surface area contributed by atoms with Gasteiger partial charge in [0.15, 0.2) is 0 Å². The summed E-state index contributed by atoms with van der Waals surface area (Å²) in [6, 6.07) is 9.94. The number of nitrogens with two attached hydrogens (primary N) is 1. The maximum absolute atomic E-state index is 5.81. The number of aryl methyl sites for hydroxylation is 1. The minimum atomic E-state index is 0.458. The van der Waals surface area contributed by atoms with Crippen LogP contribution in [0.3, 0.4) is 0 Å². The van der Waals surface area contributed by atoms with E-state index in [0.29, 0.717) is 24.0 Å². The third-order valence-corrected chi connectivity index (χ3v) is 3.00. The molecule has 3 rings (SSSR count). The molecule has 0 aliphatic carbocycles. The SMILES string of the molecule is Cc1c(N)nc2c(OCc3ccccc3)nccn12. The zero-order valence-electron chi connectivity index (χ0n) is 10.6. The molecule has 0 aliphatic heterocycles. The van der Waals surface area contributed by atoms with Crippen LogP contribution in [0, 0.1) is 6.92 Å². The largest absolute Gasteiger partial charge is 0.470 e. The average molecular weight is 254 g/mol. The molecule has 0 aliphatic rings. The van der Waals surface area contributed by atoms with E-state index in [2.05, 4.69) is 9.97 Å². The average Bonchev–Trinajstić information content (AvgIpc) is 2.74. The third-order valence-electron chi connectivity index (χ3n) is 3.00. The number of hydrogen-bond donors (Lipinski definition) is 1. The van der Waals surface area contributed by atoms with Crippen LogP contribution in [0.15, 0.2) is 42.7 Å². The first-order valence-electron chi connectivity index (χ1n) is 6.01. The lowest BCUT2D eigenvalue weighted by Gasteiger charge is -2.06. The van der Waals surface area contributed by atoms with Crippen LogP contribution in [-0.2, 0) is 6.61 Å². The highest BCUT2D eigenvalue weighted by molar-refractivity contribution is 5.57. The lowest BCUT2D eigenvalue weighted by atomic mass is 10.2. The molecule has 5 heteroatoms. The zero-order valence-corrected chi connectivity index (χ0v) is 10.6. The van der Waals surface area contributed by atoms with Crippen LogP contribution in [-0.4, -0.2) is 14.4 Å². The predicted octanol–water partition coefficient (Wildman–Crippen LogP) is 2.20. The van der Waals surface area contributed by atoms with Crippen LogP contribution < -0.4 is 10.5 Å². The summed E-state index contributed by atoms with van der Waals surface area (Å²) in [5, 5.41) is 0. The Balaban J connectivity index is 1.91. The Bertz CT molecular complexity index is 706. The second kappa shape index (κ2) is 4.61. The molecule has 3 aromatic rings. The van der Waals surface area contributed by atoms with E-state index in [4.69, 9.17) is 10.5 Å². The second-order valence-electron chi connectivity index (χ2n) is 4.28. The summed E-state index contributed by atoms with van der Waals surface area (Å²) in [5.74, 6) is 0.990. The molecule has 0 atom stereocenters. The van der Waals surface area contributed by atoms with Crippen LogP contribution in [0.2, 0.25) is 0 Å². The van der Waals surface area contributed by atoms with Crippen molar-refractivity contribution in [2.24, 2.45) is 0 Å². The number of anilines is 1. The highest BCUT2D eigenvalue weighted by atomic mass is 16.5. The molecular weight excluding hydrogens is 240 g/mol. The number of aromatic nitrogens is 3. The molecule has 2 N–H and O–H groups in total. The van der Waals surface area contributed by atoms with Crippen molar-refractivity contribution in [2.45, 2.75) is 13.5 Å². The molecule has 0 radical (unpaired) electrons. The standard InChI is InChI=1S/C14H14N4O/c1-10-12(15)17-13-14(16-7-8-18(10)13)19-9-11-5-3-2-4-6-11/h2-8H,9,15H2,1H3. The van der Waals surface area contributed by atoms with Gasteiger partial charge in [0.2, 0.25) is 5.65 Å².